The predicted octanol–water partition coefficient (Wildman–Crippen LogP) is 4.16. The predicted molar refractivity (Wildman–Crippen MR) is 88.2 cm³/mol. The highest BCUT2D eigenvalue weighted by atomic mass is 19.4. The molecule has 1 unspecified atom stereocenters. The average Bonchev–Trinajstić information content (AvgIpc) is 3.01. The molecule has 0 fully saturated rings. The van der Waals surface area contributed by atoms with Gasteiger partial charge in [0, 0.05) is 16.6 Å². The first-order valence-corrected chi connectivity index (χ1v) is 7.79. The number of H-pyrrole nitrogens is 1. The van der Waals surface area contributed by atoms with Gasteiger partial charge in [-0.05, 0) is 30.2 Å². The van der Waals surface area contributed by atoms with Crippen molar-refractivity contribution in [1.82, 2.24) is 15.5 Å². The largest absolute Gasteiger partial charge is 0.412 e. The Morgan fingerprint density at radius 1 is 1.20 bits per heavy atom. The lowest BCUT2D eigenvalue weighted by Crippen LogP contribution is -2.38. The number of carbonyl (C=O) groups is 1. The van der Waals surface area contributed by atoms with Gasteiger partial charge in [0.05, 0.1) is 5.52 Å². The number of halogens is 3. The Hall–Kier alpha value is -2.83. The second kappa shape index (κ2) is 6.58. The summed E-state index contributed by atoms with van der Waals surface area (Å²) in [5.41, 5.74) is 1.65. The lowest BCUT2D eigenvalue weighted by atomic mass is 10.0. The molecule has 7 heteroatoms. The smallest absolute Gasteiger partial charge is 0.337 e. The number of amides is 1. The first kappa shape index (κ1) is 17.0. The third-order valence-corrected chi connectivity index (χ3v) is 3.98. The number of aromatic amines is 1. The lowest BCUT2D eigenvalue weighted by Gasteiger charge is -2.22. The second-order valence-corrected chi connectivity index (χ2v) is 5.65. The number of hydrogen-bond donors (Lipinski definition) is 2. The van der Waals surface area contributed by atoms with Gasteiger partial charge in [-0.1, -0.05) is 37.3 Å². The number of benzene rings is 2. The van der Waals surface area contributed by atoms with Crippen LogP contribution in [0.5, 0.6) is 0 Å². The van der Waals surface area contributed by atoms with E-state index in [1.807, 2.05) is 6.92 Å². The molecule has 0 radical (unpaired) electrons. The van der Waals surface area contributed by atoms with E-state index in [-0.39, 0.29) is 11.1 Å². The Morgan fingerprint density at radius 3 is 2.56 bits per heavy atom. The second-order valence-electron chi connectivity index (χ2n) is 5.65. The Kier molecular flexibility index (Phi) is 4.48. The number of fused-ring (bicyclic) bond motifs is 1. The van der Waals surface area contributed by atoms with E-state index >= 15 is 0 Å². The van der Waals surface area contributed by atoms with E-state index in [0.717, 1.165) is 11.1 Å². The van der Waals surface area contributed by atoms with Crippen molar-refractivity contribution in [2.45, 2.75) is 25.6 Å². The highest BCUT2D eigenvalue weighted by molar-refractivity contribution is 5.98. The molecule has 1 aromatic heterocycles. The van der Waals surface area contributed by atoms with Crippen LogP contribution in [0.15, 0.2) is 48.5 Å². The summed E-state index contributed by atoms with van der Waals surface area (Å²) in [6.45, 7) is 1.93. The molecule has 25 heavy (non-hydrogen) atoms. The number of aryl methyl sites for hydroxylation is 1. The molecule has 0 saturated heterocycles. The first-order chi connectivity index (χ1) is 11.9. The van der Waals surface area contributed by atoms with Gasteiger partial charge in [-0.2, -0.15) is 18.3 Å². The Balaban J connectivity index is 1.91. The normalized spacial score (nSPS) is 13.0. The zero-order valence-electron chi connectivity index (χ0n) is 13.4. The molecule has 4 nitrogen and oxygen atoms in total. The highest BCUT2D eigenvalue weighted by Gasteiger charge is 2.41. The summed E-state index contributed by atoms with van der Waals surface area (Å²) in [6, 6.07) is 9.90. The SMILES string of the molecule is CCc1[nH]nc2ccc(C(=O)NC(c3ccccc3)C(F)(F)F)cc12. The number of aromatic nitrogens is 2. The van der Waals surface area contributed by atoms with Crippen LogP contribution in [0.2, 0.25) is 0 Å². The quantitative estimate of drug-likeness (QED) is 0.745. The van der Waals surface area contributed by atoms with Gasteiger partial charge in [0.2, 0.25) is 0 Å². The van der Waals surface area contributed by atoms with E-state index in [1.165, 1.54) is 30.3 Å². The van der Waals surface area contributed by atoms with Gasteiger partial charge in [-0.3, -0.25) is 9.89 Å². The molecule has 0 bridgehead atoms. The zero-order valence-corrected chi connectivity index (χ0v) is 13.4. The molecule has 0 aliphatic rings. The minimum Gasteiger partial charge on any atom is -0.337 e. The number of nitrogens with one attached hydrogen (secondary N) is 2. The van der Waals surface area contributed by atoms with Crippen molar-refractivity contribution < 1.29 is 18.0 Å². The van der Waals surface area contributed by atoms with E-state index in [9.17, 15) is 18.0 Å². The molecule has 2 N–H and O–H groups in total. The molecule has 130 valence electrons. The number of carbonyl (C=O) groups excluding carboxylic acids is 1. The molecule has 0 spiro atoms. The summed E-state index contributed by atoms with van der Waals surface area (Å²) >= 11 is 0. The first-order valence-electron chi connectivity index (χ1n) is 7.79. The topological polar surface area (TPSA) is 57.8 Å². The van der Waals surface area contributed by atoms with Gasteiger partial charge in [-0.25, -0.2) is 0 Å². The minimum absolute atomic E-state index is 0.0120. The van der Waals surface area contributed by atoms with E-state index in [4.69, 9.17) is 0 Å². The Labute approximate surface area is 142 Å². The molecule has 3 rings (SSSR count). The lowest BCUT2D eigenvalue weighted by molar-refractivity contribution is -0.155. The van der Waals surface area contributed by atoms with Gasteiger partial charge in [0.15, 0.2) is 6.04 Å². The van der Waals surface area contributed by atoms with E-state index in [0.29, 0.717) is 11.9 Å². The van der Waals surface area contributed by atoms with Crippen LogP contribution < -0.4 is 5.32 Å². The highest BCUT2D eigenvalue weighted by Crippen LogP contribution is 2.33. The van der Waals surface area contributed by atoms with Gasteiger partial charge in [0.25, 0.3) is 5.91 Å². The third kappa shape index (κ3) is 3.50. The molecule has 1 heterocycles. The summed E-state index contributed by atoms with van der Waals surface area (Å²) < 4.78 is 40.1. The fourth-order valence-corrected chi connectivity index (χ4v) is 2.69. The molecule has 3 aromatic rings. The van der Waals surface area contributed by atoms with Crippen LogP contribution in [0.4, 0.5) is 13.2 Å². The maximum atomic E-state index is 13.4. The van der Waals surface area contributed by atoms with Crippen LogP contribution in [-0.2, 0) is 6.42 Å². The molecule has 2 aromatic carbocycles. The molecule has 1 amide bonds. The standard InChI is InChI=1S/C18H16F3N3O/c1-2-14-13-10-12(8-9-15(13)24-23-14)17(25)22-16(18(19,20)21)11-6-4-3-5-7-11/h3-10,16H,2H2,1H3,(H,22,25)(H,23,24). The fourth-order valence-electron chi connectivity index (χ4n) is 2.69. The molecule has 0 aliphatic heterocycles. The Bertz CT molecular complexity index is 887. The van der Waals surface area contributed by atoms with E-state index < -0.39 is 18.1 Å². The molecule has 0 aliphatic carbocycles. The maximum Gasteiger partial charge on any atom is 0.412 e. The van der Waals surface area contributed by atoms with Crippen molar-refractivity contribution in [3.8, 4) is 0 Å². The van der Waals surface area contributed by atoms with Crippen LogP contribution in [0.1, 0.15) is 34.6 Å². The number of nitrogens with zero attached hydrogens (tertiary/aromatic N) is 1. The van der Waals surface area contributed by atoms with Crippen LogP contribution in [0.25, 0.3) is 10.9 Å². The summed E-state index contributed by atoms with van der Waals surface area (Å²) in [5, 5.41) is 9.78. The minimum atomic E-state index is -4.59. The molecule has 1 atom stereocenters. The van der Waals surface area contributed by atoms with Gasteiger partial charge in [0.1, 0.15) is 0 Å². The monoisotopic (exact) mass is 347 g/mol. The van der Waals surface area contributed by atoms with Crippen molar-refractivity contribution in [3.63, 3.8) is 0 Å². The summed E-state index contributed by atoms with van der Waals surface area (Å²) in [6.07, 6.45) is -3.91. The fraction of sp³-hybridized carbons (Fsp3) is 0.222. The summed E-state index contributed by atoms with van der Waals surface area (Å²) in [7, 11) is 0. The van der Waals surface area contributed by atoms with Gasteiger partial charge < -0.3 is 5.32 Å². The third-order valence-electron chi connectivity index (χ3n) is 3.98. The van der Waals surface area contributed by atoms with Crippen molar-refractivity contribution >= 4 is 16.8 Å². The van der Waals surface area contributed by atoms with Crippen molar-refractivity contribution in [2.75, 3.05) is 0 Å². The van der Waals surface area contributed by atoms with Crippen LogP contribution in [0.3, 0.4) is 0 Å². The molecular formula is C18H16F3N3O. The van der Waals surface area contributed by atoms with Gasteiger partial charge in [-0.15, -0.1) is 0 Å². The van der Waals surface area contributed by atoms with Crippen molar-refractivity contribution in [3.05, 3.63) is 65.4 Å². The Morgan fingerprint density at radius 2 is 1.92 bits per heavy atom. The molecular weight excluding hydrogens is 331 g/mol. The van der Waals surface area contributed by atoms with Crippen LogP contribution >= 0.6 is 0 Å². The average molecular weight is 347 g/mol. The number of rotatable bonds is 4. The maximum absolute atomic E-state index is 13.4. The van der Waals surface area contributed by atoms with Crippen molar-refractivity contribution in [2.24, 2.45) is 0 Å². The molecule has 0 saturated carbocycles. The van der Waals surface area contributed by atoms with Crippen LogP contribution in [0, 0.1) is 0 Å². The summed E-state index contributed by atoms with van der Waals surface area (Å²) in [5.74, 6) is -0.781. The zero-order chi connectivity index (χ0) is 18.0. The van der Waals surface area contributed by atoms with Crippen LogP contribution in [-0.4, -0.2) is 22.3 Å². The van der Waals surface area contributed by atoms with E-state index in [2.05, 4.69) is 15.5 Å². The summed E-state index contributed by atoms with van der Waals surface area (Å²) in [4.78, 5) is 12.4. The van der Waals surface area contributed by atoms with Gasteiger partial charge >= 0.3 is 6.18 Å². The van der Waals surface area contributed by atoms with Crippen molar-refractivity contribution in [1.29, 1.82) is 0 Å². The number of hydrogen-bond acceptors (Lipinski definition) is 2. The number of alkyl halides is 3. The van der Waals surface area contributed by atoms with E-state index in [1.54, 1.807) is 18.2 Å².